The SMILES string of the molecule is CC(SCc1ccccc1)C(=O)N1CCN(Cc2nnc3n2CCCCC3)CC1. The first kappa shape index (κ1) is 20.4. The lowest BCUT2D eigenvalue weighted by molar-refractivity contribution is -0.132. The topological polar surface area (TPSA) is 54.3 Å². The van der Waals surface area contributed by atoms with Gasteiger partial charge in [0, 0.05) is 44.9 Å². The van der Waals surface area contributed by atoms with Gasteiger partial charge < -0.3 is 9.47 Å². The molecule has 156 valence electrons. The monoisotopic (exact) mass is 413 g/mol. The third-order valence-electron chi connectivity index (χ3n) is 5.93. The van der Waals surface area contributed by atoms with Crippen LogP contribution >= 0.6 is 11.8 Å². The molecule has 29 heavy (non-hydrogen) atoms. The summed E-state index contributed by atoms with van der Waals surface area (Å²) in [7, 11) is 0. The normalized spacial score (nSPS) is 18.9. The van der Waals surface area contributed by atoms with E-state index in [9.17, 15) is 4.79 Å². The molecule has 1 aromatic carbocycles. The van der Waals surface area contributed by atoms with E-state index in [1.165, 1.54) is 24.8 Å². The molecular formula is C22H31N5OS. The van der Waals surface area contributed by atoms with E-state index in [1.807, 2.05) is 17.9 Å². The molecule has 1 aromatic heterocycles. The Morgan fingerprint density at radius 2 is 1.83 bits per heavy atom. The molecule has 7 heteroatoms. The summed E-state index contributed by atoms with van der Waals surface area (Å²) < 4.78 is 2.33. The van der Waals surface area contributed by atoms with E-state index in [2.05, 4.69) is 43.9 Å². The average Bonchev–Trinajstić information content (AvgIpc) is 2.98. The average molecular weight is 414 g/mol. The molecule has 0 N–H and O–H groups in total. The van der Waals surface area contributed by atoms with Crippen molar-refractivity contribution in [2.24, 2.45) is 0 Å². The highest BCUT2D eigenvalue weighted by molar-refractivity contribution is 7.99. The molecule has 1 atom stereocenters. The molecule has 2 aromatic rings. The van der Waals surface area contributed by atoms with Crippen LogP contribution in [0.2, 0.25) is 0 Å². The summed E-state index contributed by atoms with van der Waals surface area (Å²) in [6.45, 7) is 7.34. The molecule has 6 nitrogen and oxygen atoms in total. The molecule has 1 amide bonds. The highest BCUT2D eigenvalue weighted by atomic mass is 32.2. The van der Waals surface area contributed by atoms with Crippen LogP contribution in [-0.2, 0) is 30.1 Å². The van der Waals surface area contributed by atoms with E-state index in [4.69, 9.17) is 0 Å². The van der Waals surface area contributed by atoms with Gasteiger partial charge in [-0.15, -0.1) is 22.0 Å². The number of hydrogen-bond donors (Lipinski definition) is 0. The van der Waals surface area contributed by atoms with Crippen molar-refractivity contribution in [1.82, 2.24) is 24.6 Å². The standard InChI is InChI=1S/C22H31N5OS/c1-18(29-17-19-8-4-2-5-9-19)22(28)26-14-12-25(13-15-26)16-21-24-23-20-10-6-3-7-11-27(20)21/h2,4-5,8-9,18H,3,6-7,10-17H2,1H3. The van der Waals surface area contributed by atoms with Crippen LogP contribution in [0.25, 0.3) is 0 Å². The largest absolute Gasteiger partial charge is 0.339 e. The molecule has 0 aliphatic carbocycles. The van der Waals surface area contributed by atoms with Gasteiger partial charge in [0.25, 0.3) is 0 Å². The van der Waals surface area contributed by atoms with E-state index < -0.39 is 0 Å². The second-order valence-electron chi connectivity index (χ2n) is 8.04. The smallest absolute Gasteiger partial charge is 0.235 e. The van der Waals surface area contributed by atoms with Gasteiger partial charge in [0.15, 0.2) is 0 Å². The van der Waals surface area contributed by atoms with Gasteiger partial charge in [-0.1, -0.05) is 36.8 Å². The molecular weight excluding hydrogens is 382 g/mol. The summed E-state index contributed by atoms with van der Waals surface area (Å²) >= 11 is 1.73. The maximum atomic E-state index is 12.8. The minimum absolute atomic E-state index is 0.00554. The quantitative estimate of drug-likeness (QED) is 0.729. The fourth-order valence-corrected chi connectivity index (χ4v) is 5.04. The minimum Gasteiger partial charge on any atom is -0.339 e. The Morgan fingerprint density at radius 3 is 2.62 bits per heavy atom. The molecule has 0 bridgehead atoms. The van der Waals surface area contributed by atoms with Gasteiger partial charge in [0.1, 0.15) is 11.6 Å². The van der Waals surface area contributed by atoms with Crippen LogP contribution in [0.3, 0.4) is 0 Å². The first-order chi connectivity index (χ1) is 14.2. The van der Waals surface area contributed by atoms with Gasteiger partial charge in [-0.05, 0) is 25.3 Å². The molecule has 0 radical (unpaired) electrons. The van der Waals surface area contributed by atoms with Crippen molar-refractivity contribution in [2.45, 2.75) is 56.7 Å². The second kappa shape index (κ2) is 9.76. The van der Waals surface area contributed by atoms with Crippen LogP contribution in [0.5, 0.6) is 0 Å². The number of fused-ring (bicyclic) bond motifs is 1. The van der Waals surface area contributed by atoms with Gasteiger partial charge >= 0.3 is 0 Å². The van der Waals surface area contributed by atoms with Crippen LogP contribution < -0.4 is 0 Å². The number of hydrogen-bond acceptors (Lipinski definition) is 5. The molecule has 1 fully saturated rings. The lowest BCUT2D eigenvalue weighted by Crippen LogP contribution is -2.50. The Bertz CT molecular complexity index is 801. The van der Waals surface area contributed by atoms with Crippen molar-refractivity contribution in [3.63, 3.8) is 0 Å². The zero-order valence-electron chi connectivity index (χ0n) is 17.3. The fourth-order valence-electron chi connectivity index (χ4n) is 4.11. The Balaban J connectivity index is 1.25. The van der Waals surface area contributed by atoms with Gasteiger partial charge in [-0.25, -0.2) is 0 Å². The lowest BCUT2D eigenvalue weighted by Gasteiger charge is -2.35. The molecule has 2 aliphatic rings. The van der Waals surface area contributed by atoms with Crippen molar-refractivity contribution in [1.29, 1.82) is 0 Å². The Hall–Kier alpha value is -1.86. The summed E-state index contributed by atoms with van der Waals surface area (Å²) in [5, 5.41) is 8.86. The number of aromatic nitrogens is 3. The van der Waals surface area contributed by atoms with E-state index in [0.717, 1.165) is 63.1 Å². The number of benzene rings is 1. The Kier molecular flexibility index (Phi) is 6.87. The molecule has 0 saturated carbocycles. The maximum Gasteiger partial charge on any atom is 0.235 e. The molecule has 3 heterocycles. The van der Waals surface area contributed by atoms with Crippen LogP contribution in [0, 0.1) is 0 Å². The molecule has 4 rings (SSSR count). The number of rotatable bonds is 6. The van der Waals surface area contributed by atoms with Gasteiger partial charge in [-0.2, -0.15) is 0 Å². The van der Waals surface area contributed by atoms with Gasteiger partial charge in [0.05, 0.1) is 11.8 Å². The van der Waals surface area contributed by atoms with Crippen LogP contribution in [0.15, 0.2) is 30.3 Å². The first-order valence-electron chi connectivity index (χ1n) is 10.8. The minimum atomic E-state index is -0.00554. The number of thioether (sulfide) groups is 1. The number of nitrogens with zero attached hydrogens (tertiary/aromatic N) is 5. The number of amides is 1. The molecule has 2 aliphatic heterocycles. The summed E-state index contributed by atoms with van der Waals surface area (Å²) in [6, 6.07) is 10.4. The van der Waals surface area contributed by atoms with Crippen molar-refractivity contribution in [2.75, 3.05) is 26.2 Å². The van der Waals surface area contributed by atoms with E-state index >= 15 is 0 Å². The predicted molar refractivity (Wildman–Crippen MR) is 117 cm³/mol. The number of carbonyl (C=O) groups excluding carboxylic acids is 1. The van der Waals surface area contributed by atoms with Crippen molar-refractivity contribution >= 4 is 17.7 Å². The number of piperazine rings is 1. The zero-order chi connectivity index (χ0) is 20.1. The molecule has 0 spiro atoms. The third kappa shape index (κ3) is 5.20. The lowest BCUT2D eigenvalue weighted by atomic mass is 10.2. The van der Waals surface area contributed by atoms with Crippen LogP contribution in [-0.4, -0.2) is 61.9 Å². The zero-order valence-corrected chi connectivity index (χ0v) is 18.1. The summed E-state index contributed by atoms with van der Waals surface area (Å²) in [4.78, 5) is 17.3. The summed E-state index contributed by atoms with van der Waals surface area (Å²) in [5.74, 6) is 3.39. The maximum absolute atomic E-state index is 12.8. The number of aryl methyl sites for hydroxylation is 1. The third-order valence-corrected chi connectivity index (χ3v) is 7.13. The van der Waals surface area contributed by atoms with E-state index in [1.54, 1.807) is 11.8 Å². The summed E-state index contributed by atoms with van der Waals surface area (Å²) in [6.07, 6.45) is 4.77. The van der Waals surface area contributed by atoms with Gasteiger partial charge in [-0.3, -0.25) is 9.69 Å². The van der Waals surface area contributed by atoms with E-state index in [0.29, 0.717) is 0 Å². The van der Waals surface area contributed by atoms with Crippen molar-refractivity contribution < 1.29 is 4.79 Å². The van der Waals surface area contributed by atoms with Gasteiger partial charge in [0.2, 0.25) is 5.91 Å². The first-order valence-corrected chi connectivity index (χ1v) is 11.8. The van der Waals surface area contributed by atoms with Crippen LogP contribution in [0.1, 0.15) is 43.4 Å². The Morgan fingerprint density at radius 1 is 1.03 bits per heavy atom. The number of carbonyl (C=O) groups is 1. The molecule has 1 saturated heterocycles. The second-order valence-corrected chi connectivity index (χ2v) is 9.36. The van der Waals surface area contributed by atoms with E-state index in [-0.39, 0.29) is 11.2 Å². The predicted octanol–water partition coefficient (Wildman–Crippen LogP) is 2.97. The Labute approximate surface area is 177 Å². The van der Waals surface area contributed by atoms with Crippen molar-refractivity contribution in [3.8, 4) is 0 Å². The highest BCUT2D eigenvalue weighted by Crippen LogP contribution is 2.21. The molecule has 1 unspecified atom stereocenters. The fraction of sp³-hybridized carbons (Fsp3) is 0.591. The summed E-state index contributed by atoms with van der Waals surface area (Å²) in [5.41, 5.74) is 1.27. The van der Waals surface area contributed by atoms with Crippen molar-refractivity contribution in [3.05, 3.63) is 47.5 Å². The van der Waals surface area contributed by atoms with Crippen LogP contribution in [0.4, 0.5) is 0 Å². The highest BCUT2D eigenvalue weighted by Gasteiger charge is 2.26.